The van der Waals surface area contributed by atoms with Crippen LogP contribution in [-0.4, -0.2) is 46.1 Å². The Bertz CT molecular complexity index is 546. The molecule has 0 amide bonds. The molecule has 0 aromatic carbocycles. The second-order valence-corrected chi connectivity index (χ2v) is 8.34. The molecule has 0 saturated carbocycles. The molecular formula is C13H22N2O3S2. The standard InChI is InChI=1S/C13H22N2O3S2/c1-10-8-13(19-12(10)9-14-2)20(16,17)15-6-4-11(18-3)5-7-15/h8,11,14H,4-7,9H2,1-3H3. The normalized spacial score (nSPS) is 18.6. The van der Waals surface area contributed by atoms with Gasteiger partial charge in [0.05, 0.1) is 6.10 Å². The van der Waals surface area contributed by atoms with Crippen molar-refractivity contribution < 1.29 is 13.2 Å². The maximum absolute atomic E-state index is 12.6. The van der Waals surface area contributed by atoms with Crippen LogP contribution < -0.4 is 5.32 Å². The highest BCUT2D eigenvalue weighted by atomic mass is 32.2. The third-order valence-electron chi connectivity index (χ3n) is 3.66. The Morgan fingerprint density at radius 1 is 1.45 bits per heavy atom. The Morgan fingerprint density at radius 3 is 2.65 bits per heavy atom. The number of rotatable bonds is 5. The zero-order valence-electron chi connectivity index (χ0n) is 12.2. The van der Waals surface area contributed by atoms with Crippen molar-refractivity contribution >= 4 is 21.4 Å². The van der Waals surface area contributed by atoms with Gasteiger partial charge in [0.15, 0.2) is 0 Å². The maximum Gasteiger partial charge on any atom is 0.252 e. The van der Waals surface area contributed by atoms with E-state index in [1.807, 2.05) is 14.0 Å². The molecule has 1 N–H and O–H groups in total. The Kier molecular flexibility index (Phi) is 5.19. The topological polar surface area (TPSA) is 58.6 Å². The fourth-order valence-electron chi connectivity index (χ4n) is 2.39. The lowest BCUT2D eigenvalue weighted by Gasteiger charge is -2.29. The van der Waals surface area contributed by atoms with E-state index < -0.39 is 10.0 Å². The van der Waals surface area contributed by atoms with Crippen LogP contribution in [0, 0.1) is 6.92 Å². The minimum Gasteiger partial charge on any atom is -0.381 e. The van der Waals surface area contributed by atoms with Crippen LogP contribution in [0.25, 0.3) is 0 Å². The summed E-state index contributed by atoms with van der Waals surface area (Å²) in [6.07, 6.45) is 1.72. The summed E-state index contributed by atoms with van der Waals surface area (Å²) >= 11 is 1.37. The molecule has 0 unspecified atom stereocenters. The Hall–Kier alpha value is -0.470. The van der Waals surface area contributed by atoms with Crippen LogP contribution in [0.15, 0.2) is 10.3 Å². The monoisotopic (exact) mass is 318 g/mol. The molecule has 7 heteroatoms. The molecule has 1 aliphatic rings. The third kappa shape index (κ3) is 3.23. The van der Waals surface area contributed by atoms with Gasteiger partial charge in [0.2, 0.25) is 0 Å². The first kappa shape index (κ1) is 15.9. The van der Waals surface area contributed by atoms with Gasteiger partial charge in [-0.1, -0.05) is 0 Å². The lowest BCUT2D eigenvalue weighted by molar-refractivity contribution is 0.0605. The highest BCUT2D eigenvalue weighted by molar-refractivity contribution is 7.91. The molecule has 0 bridgehead atoms. The van der Waals surface area contributed by atoms with E-state index in [2.05, 4.69) is 5.32 Å². The quantitative estimate of drug-likeness (QED) is 0.895. The van der Waals surface area contributed by atoms with Gasteiger partial charge in [0.1, 0.15) is 4.21 Å². The molecule has 5 nitrogen and oxygen atoms in total. The van der Waals surface area contributed by atoms with Crippen molar-refractivity contribution in [2.24, 2.45) is 0 Å². The first-order chi connectivity index (χ1) is 9.48. The molecular weight excluding hydrogens is 296 g/mol. The smallest absolute Gasteiger partial charge is 0.252 e. The summed E-state index contributed by atoms with van der Waals surface area (Å²) in [4.78, 5) is 1.08. The van der Waals surface area contributed by atoms with Gasteiger partial charge < -0.3 is 10.1 Å². The molecule has 1 aromatic heterocycles. The molecule has 1 fully saturated rings. The largest absolute Gasteiger partial charge is 0.381 e. The molecule has 2 rings (SSSR count). The highest BCUT2D eigenvalue weighted by Gasteiger charge is 2.30. The SMILES string of the molecule is CNCc1sc(S(=O)(=O)N2CCC(OC)CC2)cc1C. The van der Waals surface area contributed by atoms with Gasteiger partial charge in [-0.05, 0) is 38.4 Å². The number of hydrogen-bond donors (Lipinski definition) is 1. The molecule has 2 heterocycles. The number of methoxy groups -OCH3 is 1. The first-order valence-corrected chi connectivity index (χ1v) is 9.01. The molecule has 0 radical (unpaired) electrons. The van der Waals surface area contributed by atoms with E-state index in [9.17, 15) is 8.42 Å². The van der Waals surface area contributed by atoms with E-state index >= 15 is 0 Å². The number of aryl methyl sites for hydroxylation is 1. The summed E-state index contributed by atoms with van der Waals surface area (Å²) < 4.78 is 32.6. The van der Waals surface area contributed by atoms with Crippen molar-refractivity contribution in [3.63, 3.8) is 0 Å². The lowest BCUT2D eigenvalue weighted by Crippen LogP contribution is -2.40. The number of piperidine rings is 1. The highest BCUT2D eigenvalue weighted by Crippen LogP contribution is 2.30. The van der Waals surface area contributed by atoms with Crippen molar-refractivity contribution in [1.29, 1.82) is 0 Å². The molecule has 1 saturated heterocycles. The zero-order chi connectivity index (χ0) is 14.8. The summed E-state index contributed by atoms with van der Waals surface area (Å²) in [6, 6.07) is 1.79. The fourth-order valence-corrected chi connectivity index (χ4v) is 5.61. The van der Waals surface area contributed by atoms with Crippen molar-refractivity contribution in [2.75, 3.05) is 27.2 Å². The molecule has 0 aliphatic carbocycles. The maximum atomic E-state index is 12.6. The summed E-state index contributed by atoms with van der Waals surface area (Å²) in [6.45, 7) is 3.75. The van der Waals surface area contributed by atoms with Gasteiger partial charge in [-0.15, -0.1) is 11.3 Å². The van der Waals surface area contributed by atoms with Gasteiger partial charge in [-0.2, -0.15) is 4.31 Å². The van der Waals surface area contributed by atoms with Gasteiger partial charge in [-0.3, -0.25) is 0 Å². The molecule has 20 heavy (non-hydrogen) atoms. The Balaban J connectivity index is 2.16. The Morgan fingerprint density at radius 2 is 2.10 bits per heavy atom. The average Bonchev–Trinajstić information content (AvgIpc) is 2.81. The number of ether oxygens (including phenoxy) is 1. The van der Waals surface area contributed by atoms with E-state index in [0.717, 1.165) is 23.3 Å². The number of sulfonamides is 1. The second kappa shape index (κ2) is 6.53. The van der Waals surface area contributed by atoms with Crippen molar-refractivity contribution in [3.8, 4) is 0 Å². The number of nitrogens with one attached hydrogen (secondary N) is 1. The van der Waals surface area contributed by atoms with E-state index in [1.165, 1.54) is 11.3 Å². The molecule has 1 aliphatic heterocycles. The molecule has 0 spiro atoms. The Labute approximate surface area is 125 Å². The minimum absolute atomic E-state index is 0.186. The van der Waals surface area contributed by atoms with E-state index in [-0.39, 0.29) is 6.10 Å². The zero-order valence-corrected chi connectivity index (χ0v) is 13.8. The number of nitrogens with zero attached hydrogens (tertiary/aromatic N) is 1. The fraction of sp³-hybridized carbons (Fsp3) is 0.692. The van der Waals surface area contributed by atoms with Crippen molar-refractivity contribution in [1.82, 2.24) is 9.62 Å². The predicted molar refractivity (Wildman–Crippen MR) is 80.6 cm³/mol. The van der Waals surface area contributed by atoms with Crippen LogP contribution in [0.1, 0.15) is 23.3 Å². The molecule has 0 atom stereocenters. The summed E-state index contributed by atoms with van der Waals surface area (Å²) in [5, 5.41) is 3.07. The summed E-state index contributed by atoms with van der Waals surface area (Å²) in [7, 11) is 0.201. The second-order valence-electron chi connectivity index (χ2n) is 5.04. The predicted octanol–water partition coefficient (Wildman–Crippen LogP) is 1.58. The third-order valence-corrected chi connectivity index (χ3v) is 7.25. The van der Waals surface area contributed by atoms with Gasteiger partial charge >= 0.3 is 0 Å². The van der Waals surface area contributed by atoms with Crippen molar-refractivity contribution in [2.45, 2.75) is 36.6 Å². The van der Waals surface area contributed by atoms with E-state index in [4.69, 9.17) is 4.74 Å². The van der Waals surface area contributed by atoms with E-state index in [0.29, 0.717) is 23.8 Å². The first-order valence-electron chi connectivity index (χ1n) is 6.76. The van der Waals surface area contributed by atoms with Crippen LogP contribution in [0.2, 0.25) is 0 Å². The van der Waals surface area contributed by atoms with Crippen LogP contribution in [0.3, 0.4) is 0 Å². The average molecular weight is 318 g/mol. The van der Waals surface area contributed by atoms with Gasteiger partial charge in [0.25, 0.3) is 10.0 Å². The summed E-state index contributed by atoms with van der Waals surface area (Å²) in [5.41, 5.74) is 1.04. The molecule has 1 aromatic rings. The molecule has 114 valence electrons. The van der Waals surface area contributed by atoms with E-state index in [1.54, 1.807) is 17.5 Å². The van der Waals surface area contributed by atoms with Crippen LogP contribution in [-0.2, 0) is 21.3 Å². The minimum atomic E-state index is -3.35. The van der Waals surface area contributed by atoms with Crippen LogP contribution in [0.5, 0.6) is 0 Å². The van der Waals surface area contributed by atoms with Crippen LogP contribution in [0.4, 0.5) is 0 Å². The van der Waals surface area contributed by atoms with Gasteiger partial charge in [-0.25, -0.2) is 8.42 Å². The van der Waals surface area contributed by atoms with Crippen LogP contribution >= 0.6 is 11.3 Å². The van der Waals surface area contributed by atoms with Gasteiger partial charge in [0, 0.05) is 31.6 Å². The summed E-state index contributed by atoms with van der Waals surface area (Å²) in [5.74, 6) is 0. The number of hydrogen-bond acceptors (Lipinski definition) is 5. The van der Waals surface area contributed by atoms with Crippen molar-refractivity contribution in [3.05, 3.63) is 16.5 Å². The lowest BCUT2D eigenvalue weighted by atomic mass is 10.1. The number of thiophene rings is 1.